The molecule has 24 heavy (non-hydrogen) atoms. The van der Waals surface area contributed by atoms with Crippen molar-refractivity contribution in [1.29, 1.82) is 0 Å². The van der Waals surface area contributed by atoms with E-state index in [4.69, 9.17) is 12.2 Å². The predicted octanol–water partition coefficient (Wildman–Crippen LogP) is 0.971. The summed E-state index contributed by atoms with van der Waals surface area (Å²) < 4.78 is 0. The predicted molar refractivity (Wildman–Crippen MR) is 100 cm³/mol. The van der Waals surface area contributed by atoms with E-state index in [1.165, 1.54) is 0 Å². The van der Waals surface area contributed by atoms with Gasteiger partial charge in [0.25, 0.3) is 0 Å². The van der Waals surface area contributed by atoms with Gasteiger partial charge in [-0.1, -0.05) is 25.1 Å². The molecule has 3 unspecified atom stereocenters. The lowest BCUT2D eigenvalue weighted by atomic mass is 9.61. The highest BCUT2D eigenvalue weighted by atomic mass is 32.1. The number of hydrogen-bond donors (Lipinski definition) is 3. The van der Waals surface area contributed by atoms with E-state index < -0.39 is 5.60 Å². The first-order valence-electron chi connectivity index (χ1n) is 8.76. The normalized spacial score (nSPS) is 40.2. The van der Waals surface area contributed by atoms with Crippen molar-refractivity contribution in [2.45, 2.75) is 12.5 Å². The molecule has 4 heterocycles. The van der Waals surface area contributed by atoms with Crippen LogP contribution in [0.25, 0.3) is 0 Å². The molecule has 130 valence electrons. The van der Waals surface area contributed by atoms with Gasteiger partial charge < -0.3 is 25.5 Å². The number of nitrogens with zero attached hydrogens (tertiary/aromatic N) is 2. The highest BCUT2D eigenvalue weighted by molar-refractivity contribution is 7.80. The summed E-state index contributed by atoms with van der Waals surface area (Å²) in [4.78, 5) is 5.04. The van der Waals surface area contributed by atoms with E-state index in [0.29, 0.717) is 11.7 Å². The second kappa shape index (κ2) is 5.95. The lowest BCUT2D eigenvalue weighted by Crippen LogP contribution is -2.73. The van der Waals surface area contributed by atoms with Crippen LogP contribution in [0.1, 0.15) is 6.92 Å². The zero-order valence-electron chi connectivity index (χ0n) is 14.2. The van der Waals surface area contributed by atoms with Gasteiger partial charge in [0.05, 0.1) is 5.60 Å². The monoisotopic (exact) mass is 346 g/mol. The highest BCUT2D eigenvalue weighted by Gasteiger charge is 2.60. The van der Waals surface area contributed by atoms with E-state index in [1.54, 1.807) is 0 Å². The maximum Gasteiger partial charge on any atom is 0.170 e. The molecule has 0 amide bonds. The molecule has 3 atom stereocenters. The molecule has 4 bridgehead atoms. The van der Waals surface area contributed by atoms with E-state index in [-0.39, 0.29) is 11.3 Å². The molecule has 1 aromatic rings. The number of benzene rings is 1. The smallest absolute Gasteiger partial charge is 0.170 e. The number of para-hydroxylation sites is 1. The van der Waals surface area contributed by atoms with Crippen LogP contribution in [0.4, 0.5) is 5.69 Å². The molecule has 4 aliphatic heterocycles. The third kappa shape index (κ3) is 2.71. The van der Waals surface area contributed by atoms with Crippen LogP contribution in [-0.4, -0.2) is 71.4 Å². The molecule has 4 saturated heterocycles. The van der Waals surface area contributed by atoms with Crippen molar-refractivity contribution >= 4 is 23.0 Å². The zero-order chi connectivity index (χ0) is 16.8. The van der Waals surface area contributed by atoms with Crippen molar-refractivity contribution in [2.24, 2.45) is 11.3 Å². The quantitative estimate of drug-likeness (QED) is 0.709. The Morgan fingerprint density at radius 3 is 2.42 bits per heavy atom. The number of piperidine rings is 2. The van der Waals surface area contributed by atoms with Crippen molar-refractivity contribution in [3.63, 3.8) is 0 Å². The maximum absolute atomic E-state index is 11.6. The molecule has 4 aliphatic rings. The van der Waals surface area contributed by atoms with E-state index in [0.717, 1.165) is 45.0 Å². The molecule has 6 heteroatoms. The fourth-order valence-corrected chi connectivity index (χ4v) is 5.00. The molecule has 0 saturated carbocycles. The van der Waals surface area contributed by atoms with E-state index in [9.17, 15) is 5.11 Å². The second-order valence-electron chi connectivity index (χ2n) is 7.83. The lowest BCUT2D eigenvalue weighted by molar-refractivity contribution is -0.186. The Kier molecular flexibility index (Phi) is 4.03. The molecule has 0 spiro atoms. The molecule has 5 nitrogen and oxygen atoms in total. The summed E-state index contributed by atoms with van der Waals surface area (Å²) in [5.74, 6) is 0.277. The van der Waals surface area contributed by atoms with Gasteiger partial charge in [0.15, 0.2) is 5.11 Å². The summed E-state index contributed by atoms with van der Waals surface area (Å²) in [5, 5.41) is 18.6. The first-order chi connectivity index (χ1) is 11.5. The summed E-state index contributed by atoms with van der Waals surface area (Å²) in [7, 11) is 0. The van der Waals surface area contributed by atoms with Crippen LogP contribution in [0, 0.1) is 11.3 Å². The second-order valence-corrected chi connectivity index (χ2v) is 8.23. The number of nitrogens with one attached hydrogen (secondary N) is 2. The van der Waals surface area contributed by atoms with Gasteiger partial charge in [-0.3, -0.25) is 0 Å². The largest absolute Gasteiger partial charge is 0.387 e. The number of anilines is 1. The topological polar surface area (TPSA) is 50.8 Å². The van der Waals surface area contributed by atoms with Gasteiger partial charge >= 0.3 is 0 Å². The van der Waals surface area contributed by atoms with Gasteiger partial charge in [-0.25, -0.2) is 0 Å². The number of fused-ring (bicyclic) bond motifs is 1. The fraction of sp³-hybridized carbons (Fsp3) is 0.611. The molecule has 0 radical (unpaired) electrons. The third-order valence-corrected chi connectivity index (χ3v) is 6.35. The van der Waals surface area contributed by atoms with Crippen LogP contribution in [-0.2, 0) is 0 Å². The fourth-order valence-electron chi connectivity index (χ4n) is 4.81. The molecular weight excluding hydrogens is 320 g/mol. The molecule has 0 aliphatic carbocycles. The Hall–Kier alpha value is -1.21. The standard InChI is InChI=1S/C18H26N4OS/c1-17-12-21-7-8-22(13-17)10-14(9-21)18(17,23)11-19-16(24)20-15-5-3-2-4-6-15/h2-6,14,23H,7-13H2,1H3,(H2,19,20,24). The van der Waals surface area contributed by atoms with Gasteiger partial charge in [0.1, 0.15) is 0 Å². The number of hydrogen-bond acceptors (Lipinski definition) is 4. The van der Waals surface area contributed by atoms with Gasteiger partial charge in [-0.2, -0.15) is 0 Å². The van der Waals surface area contributed by atoms with Crippen molar-refractivity contribution < 1.29 is 5.11 Å². The van der Waals surface area contributed by atoms with Gasteiger partial charge in [-0.15, -0.1) is 0 Å². The Morgan fingerprint density at radius 2 is 1.83 bits per heavy atom. The Labute approximate surface area is 149 Å². The molecule has 1 aromatic carbocycles. The van der Waals surface area contributed by atoms with Crippen molar-refractivity contribution in [3.05, 3.63) is 30.3 Å². The van der Waals surface area contributed by atoms with Crippen molar-refractivity contribution in [2.75, 3.05) is 51.1 Å². The Bertz CT molecular complexity index is 609. The Balaban J connectivity index is 1.45. The lowest BCUT2D eigenvalue weighted by Gasteiger charge is -2.59. The summed E-state index contributed by atoms with van der Waals surface area (Å²) in [6.07, 6.45) is 0. The summed E-state index contributed by atoms with van der Waals surface area (Å²) in [6.45, 7) is 8.92. The van der Waals surface area contributed by atoms with Gasteiger partial charge in [-0.05, 0) is 24.4 Å². The van der Waals surface area contributed by atoms with Gasteiger partial charge in [0.2, 0.25) is 0 Å². The van der Waals surface area contributed by atoms with Crippen LogP contribution in [0.2, 0.25) is 0 Å². The zero-order valence-corrected chi connectivity index (χ0v) is 15.0. The average Bonchev–Trinajstić information content (AvgIpc) is 2.80. The Morgan fingerprint density at radius 1 is 1.21 bits per heavy atom. The number of rotatable bonds is 3. The third-order valence-electron chi connectivity index (χ3n) is 6.11. The molecule has 3 N–H and O–H groups in total. The van der Waals surface area contributed by atoms with Crippen molar-refractivity contribution in [3.8, 4) is 0 Å². The van der Waals surface area contributed by atoms with Crippen LogP contribution in [0.15, 0.2) is 30.3 Å². The molecular formula is C18H26N4OS. The van der Waals surface area contributed by atoms with Crippen LogP contribution in [0.3, 0.4) is 0 Å². The maximum atomic E-state index is 11.6. The SMILES string of the molecule is CC12CN3CCN(CC(C3)C1(O)CNC(=S)Nc1ccccc1)C2. The van der Waals surface area contributed by atoms with Crippen LogP contribution < -0.4 is 10.6 Å². The van der Waals surface area contributed by atoms with E-state index in [2.05, 4.69) is 27.4 Å². The number of aliphatic hydroxyl groups is 1. The number of thiocarbonyl (C=S) groups is 1. The minimum atomic E-state index is -0.716. The first kappa shape index (κ1) is 16.3. The summed E-state index contributed by atoms with van der Waals surface area (Å²) in [6, 6.07) is 9.90. The van der Waals surface area contributed by atoms with Crippen molar-refractivity contribution in [1.82, 2.24) is 15.1 Å². The molecule has 4 fully saturated rings. The minimum absolute atomic E-state index is 0.111. The first-order valence-corrected chi connectivity index (χ1v) is 9.16. The van der Waals surface area contributed by atoms with Crippen LogP contribution >= 0.6 is 12.2 Å². The highest BCUT2D eigenvalue weighted by Crippen LogP contribution is 2.47. The molecule has 5 rings (SSSR count). The van der Waals surface area contributed by atoms with Crippen LogP contribution in [0.5, 0.6) is 0 Å². The summed E-state index contributed by atoms with van der Waals surface area (Å²) >= 11 is 5.43. The van der Waals surface area contributed by atoms with Gasteiger partial charge in [0, 0.05) is 62.8 Å². The van der Waals surface area contributed by atoms with E-state index >= 15 is 0 Å². The summed E-state index contributed by atoms with van der Waals surface area (Å²) in [5.41, 5.74) is 0.139. The average molecular weight is 347 g/mol. The molecule has 0 aromatic heterocycles. The minimum Gasteiger partial charge on any atom is -0.387 e. The van der Waals surface area contributed by atoms with E-state index in [1.807, 2.05) is 30.3 Å².